The van der Waals surface area contributed by atoms with E-state index in [-0.39, 0.29) is 18.0 Å². The van der Waals surface area contributed by atoms with Gasteiger partial charge in [-0.25, -0.2) is 4.68 Å². The fourth-order valence-corrected chi connectivity index (χ4v) is 2.75. The maximum atomic E-state index is 12.1. The van der Waals surface area contributed by atoms with E-state index in [1.807, 2.05) is 4.90 Å². The molecule has 21 heavy (non-hydrogen) atoms. The minimum Gasteiger partial charge on any atom is -0.374 e. The Bertz CT molecular complexity index is 552. The third-order valence-electron chi connectivity index (χ3n) is 3.60. The van der Waals surface area contributed by atoms with Gasteiger partial charge in [0.05, 0.1) is 18.4 Å². The molecule has 1 fully saturated rings. The number of hydrogen-bond donors (Lipinski definition) is 1. The molecule has 0 radical (unpaired) electrons. The van der Waals surface area contributed by atoms with Gasteiger partial charge >= 0.3 is 0 Å². The molecule has 6 nitrogen and oxygen atoms in total. The molecule has 1 N–H and O–H groups in total. The largest absolute Gasteiger partial charge is 0.374 e. The van der Waals surface area contributed by atoms with Gasteiger partial charge in [0.25, 0.3) is 5.56 Å². The monoisotopic (exact) mass is 356 g/mol. The van der Waals surface area contributed by atoms with Crippen LogP contribution < -0.4 is 10.9 Å². The molecule has 1 aliphatic rings. The summed E-state index contributed by atoms with van der Waals surface area (Å²) in [6, 6.07) is 0. The lowest BCUT2D eigenvalue weighted by molar-refractivity contribution is -0.128. The van der Waals surface area contributed by atoms with Crippen molar-refractivity contribution in [2.75, 3.05) is 25.0 Å². The molecule has 1 aliphatic heterocycles. The number of aryl methyl sites for hydroxylation is 1. The lowest BCUT2D eigenvalue weighted by Gasteiger charge is -2.16. The molecule has 2 heterocycles. The van der Waals surface area contributed by atoms with Crippen LogP contribution in [-0.2, 0) is 11.3 Å². The molecule has 1 saturated heterocycles. The van der Waals surface area contributed by atoms with E-state index >= 15 is 0 Å². The fourth-order valence-electron chi connectivity index (χ4n) is 2.30. The Morgan fingerprint density at radius 2 is 2.14 bits per heavy atom. The van der Waals surface area contributed by atoms with Gasteiger partial charge in [-0.2, -0.15) is 5.10 Å². The molecule has 0 bridgehead atoms. The molecule has 1 aromatic rings. The maximum Gasteiger partial charge on any atom is 0.283 e. The summed E-state index contributed by atoms with van der Waals surface area (Å²) in [5.41, 5.74) is 0.405. The zero-order valence-electron chi connectivity index (χ0n) is 12.3. The predicted octanol–water partition coefficient (Wildman–Crippen LogP) is 1.84. The quantitative estimate of drug-likeness (QED) is 0.844. The van der Waals surface area contributed by atoms with Crippen molar-refractivity contribution in [3.63, 3.8) is 0 Å². The number of anilines is 1. The topological polar surface area (TPSA) is 67.2 Å². The standard InChI is InChI=1S/C14H21BrN4O2/c1-2-3-8-19-14(21)13(15)11(9-17-19)16-10-12(20)18-6-4-5-7-18/h9,16H,2-8,10H2,1H3. The highest BCUT2D eigenvalue weighted by atomic mass is 79.9. The van der Waals surface area contributed by atoms with Crippen molar-refractivity contribution in [1.82, 2.24) is 14.7 Å². The van der Waals surface area contributed by atoms with Crippen LogP contribution in [0, 0.1) is 0 Å². The van der Waals surface area contributed by atoms with Crippen molar-refractivity contribution in [3.8, 4) is 0 Å². The Labute approximate surface area is 132 Å². The molecular formula is C14H21BrN4O2. The van der Waals surface area contributed by atoms with Crippen molar-refractivity contribution in [3.05, 3.63) is 21.0 Å². The number of unbranched alkanes of at least 4 members (excludes halogenated alkanes) is 1. The first kappa shape index (κ1) is 16.0. The van der Waals surface area contributed by atoms with Crippen LogP contribution in [0.15, 0.2) is 15.5 Å². The second-order valence-corrected chi connectivity index (χ2v) is 5.99. The number of rotatable bonds is 6. The van der Waals surface area contributed by atoms with Crippen LogP contribution in [-0.4, -0.2) is 40.2 Å². The molecule has 0 saturated carbocycles. The summed E-state index contributed by atoms with van der Waals surface area (Å²) in [6.07, 6.45) is 5.67. The Morgan fingerprint density at radius 3 is 2.81 bits per heavy atom. The van der Waals surface area contributed by atoms with Gasteiger partial charge in [0.15, 0.2) is 0 Å². The SMILES string of the molecule is CCCCn1ncc(NCC(=O)N2CCCC2)c(Br)c1=O. The van der Waals surface area contributed by atoms with Gasteiger partial charge in [0, 0.05) is 19.6 Å². The van der Waals surface area contributed by atoms with Gasteiger partial charge in [0.1, 0.15) is 4.47 Å². The molecule has 7 heteroatoms. The van der Waals surface area contributed by atoms with Crippen LogP contribution in [0.1, 0.15) is 32.6 Å². The summed E-state index contributed by atoms with van der Waals surface area (Å²) in [4.78, 5) is 25.9. The van der Waals surface area contributed by atoms with Crippen molar-refractivity contribution in [1.29, 1.82) is 0 Å². The van der Waals surface area contributed by atoms with Crippen LogP contribution in [0.3, 0.4) is 0 Å². The molecule has 0 aliphatic carbocycles. The third kappa shape index (κ3) is 4.06. The highest BCUT2D eigenvalue weighted by molar-refractivity contribution is 9.10. The fraction of sp³-hybridized carbons (Fsp3) is 0.643. The second kappa shape index (κ2) is 7.59. The summed E-state index contributed by atoms with van der Waals surface area (Å²) in [6.45, 7) is 4.54. The van der Waals surface area contributed by atoms with Gasteiger partial charge < -0.3 is 10.2 Å². The second-order valence-electron chi connectivity index (χ2n) is 5.20. The van der Waals surface area contributed by atoms with Gasteiger partial charge in [0.2, 0.25) is 5.91 Å². The van der Waals surface area contributed by atoms with E-state index < -0.39 is 0 Å². The van der Waals surface area contributed by atoms with E-state index in [1.54, 1.807) is 6.20 Å². The molecular weight excluding hydrogens is 336 g/mol. The van der Waals surface area contributed by atoms with Gasteiger partial charge in [-0.3, -0.25) is 9.59 Å². The van der Waals surface area contributed by atoms with E-state index in [9.17, 15) is 9.59 Å². The number of halogens is 1. The van der Waals surface area contributed by atoms with Crippen LogP contribution in [0.5, 0.6) is 0 Å². The first-order valence-electron chi connectivity index (χ1n) is 7.40. The molecule has 1 amide bonds. The molecule has 0 atom stereocenters. The Kier molecular flexibility index (Phi) is 5.78. The maximum absolute atomic E-state index is 12.1. The minimum absolute atomic E-state index is 0.0644. The first-order valence-corrected chi connectivity index (χ1v) is 8.20. The van der Waals surface area contributed by atoms with E-state index in [0.717, 1.165) is 38.8 Å². The summed E-state index contributed by atoms with van der Waals surface area (Å²) >= 11 is 3.30. The van der Waals surface area contributed by atoms with Gasteiger partial charge in [-0.15, -0.1) is 0 Å². The summed E-state index contributed by atoms with van der Waals surface area (Å²) in [5.74, 6) is 0.0644. The molecule has 0 aromatic carbocycles. The normalized spacial score (nSPS) is 14.5. The van der Waals surface area contributed by atoms with E-state index in [4.69, 9.17) is 0 Å². The third-order valence-corrected chi connectivity index (χ3v) is 4.36. The number of hydrogen-bond acceptors (Lipinski definition) is 4. The molecule has 2 rings (SSSR count). The lowest BCUT2D eigenvalue weighted by atomic mass is 10.3. The van der Waals surface area contributed by atoms with E-state index in [0.29, 0.717) is 16.7 Å². The number of carbonyl (C=O) groups is 1. The number of nitrogens with one attached hydrogen (secondary N) is 1. The van der Waals surface area contributed by atoms with Crippen LogP contribution in [0.2, 0.25) is 0 Å². The Hall–Kier alpha value is -1.37. The van der Waals surface area contributed by atoms with Gasteiger partial charge in [-0.05, 0) is 35.2 Å². The average molecular weight is 357 g/mol. The van der Waals surface area contributed by atoms with Crippen molar-refractivity contribution in [2.45, 2.75) is 39.2 Å². The van der Waals surface area contributed by atoms with E-state index in [1.165, 1.54) is 4.68 Å². The lowest BCUT2D eigenvalue weighted by Crippen LogP contribution is -2.33. The zero-order chi connectivity index (χ0) is 15.2. The highest BCUT2D eigenvalue weighted by Crippen LogP contribution is 2.16. The molecule has 1 aromatic heterocycles. The number of aromatic nitrogens is 2. The smallest absolute Gasteiger partial charge is 0.283 e. The summed E-state index contributed by atoms with van der Waals surface area (Å²) in [5, 5.41) is 7.14. The Balaban J connectivity index is 1.98. The molecule has 0 unspecified atom stereocenters. The van der Waals surface area contributed by atoms with Crippen molar-refractivity contribution in [2.24, 2.45) is 0 Å². The number of carbonyl (C=O) groups excluding carboxylic acids is 1. The van der Waals surface area contributed by atoms with Crippen molar-refractivity contribution < 1.29 is 4.79 Å². The van der Waals surface area contributed by atoms with Crippen LogP contribution in [0.25, 0.3) is 0 Å². The highest BCUT2D eigenvalue weighted by Gasteiger charge is 2.18. The average Bonchev–Trinajstić information content (AvgIpc) is 3.02. The van der Waals surface area contributed by atoms with Crippen LogP contribution in [0.4, 0.5) is 5.69 Å². The summed E-state index contributed by atoms with van der Waals surface area (Å²) < 4.78 is 1.88. The number of amides is 1. The minimum atomic E-state index is -0.165. The van der Waals surface area contributed by atoms with Gasteiger partial charge in [-0.1, -0.05) is 13.3 Å². The van der Waals surface area contributed by atoms with Crippen LogP contribution >= 0.6 is 15.9 Å². The summed E-state index contributed by atoms with van der Waals surface area (Å²) in [7, 11) is 0. The predicted molar refractivity (Wildman–Crippen MR) is 85.4 cm³/mol. The Morgan fingerprint density at radius 1 is 1.43 bits per heavy atom. The molecule has 0 spiro atoms. The number of nitrogens with zero attached hydrogens (tertiary/aromatic N) is 3. The van der Waals surface area contributed by atoms with E-state index in [2.05, 4.69) is 33.3 Å². The van der Waals surface area contributed by atoms with Crippen molar-refractivity contribution >= 4 is 27.5 Å². The zero-order valence-corrected chi connectivity index (χ0v) is 13.9. The first-order chi connectivity index (χ1) is 10.1. The molecule has 116 valence electrons. The number of likely N-dealkylation sites (tertiary alicyclic amines) is 1.